The van der Waals surface area contributed by atoms with Crippen molar-refractivity contribution in [2.45, 2.75) is 6.42 Å². The molecule has 2 bridgehead atoms. The fourth-order valence-corrected chi connectivity index (χ4v) is 7.18. The van der Waals surface area contributed by atoms with Gasteiger partial charge in [0.25, 0.3) is 0 Å². The quantitative estimate of drug-likeness (QED) is 0.276. The summed E-state index contributed by atoms with van der Waals surface area (Å²) in [5, 5.41) is 7.11. The summed E-state index contributed by atoms with van der Waals surface area (Å²) >= 11 is 0. The third-order valence-corrected chi connectivity index (χ3v) is 8.42. The van der Waals surface area contributed by atoms with E-state index in [0.29, 0.717) is 11.8 Å². The van der Waals surface area contributed by atoms with Crippen LogP contribution in [0.2, 0.25) is 0 Å². The molecule has 5 heteroatoms. The number of nitrogens with zero attached hydrogens (tertiary/aromatic N) is 1. The minimum atomic E-state index is -1.25. The average Bonchev–Trinajstić information content (AvgIpc) is 3.01. The molecule has 0 radical (unpaired) electrons. The first-order chi connectivity index (χ1) is 15.8. The molecule has 160 valence electrons. The lowest BCUT2D eigenvalue weighted by atomic mass is 9.89. The van der Waals surface area contributed by atoms with Crippen molar-refractivity contribution in [3.05, 3.63) is 72.8 Å². The maximum absolute atomic E-state index is 6.73. The second-order valence-electron chi connectivity index (χ2n) is 9.12. The Balaban J connectivity index is 1.60. The van der Waals surface area contributed by atoms with Crippen LogP contribution in [0.1, 0.15) is 6.42 Å². The number of hydrogen-bond donors (Lipinski definition) is 0. The van der Waals surface area contributed by atoms with Crippen LogP contribution >= 0.6 is 8.16 Å². The molecule has 4 nitrogen and oxygen atoms in total. The zero-order valence-corrected chi connectivity index (χ0v) is 18.6. The van der Waals surface area contributed by atoms with Gasteiger partial charge in [-0.25, -0.2) is 4.67 Å². The number of fused-ring (bicyclic) bond motifs is 9. The van der Waals surface area contributed by atoms with Crippen LogP contribution < -0.4 is 4.67 Å². The first kappa shape index (κ1) is 18.8. The number of benzene rings is 4. The van der Waals surface area contributed by atoms with Gasteiger partial charge in [-0.15, -0.1) is 0 Å². The first-order valence-electron chi connectivity index (χ1n) is 11.4. The van der Waals surface area contributed by atoms with Crippen LogP contribution in [-0.2, 0) is 4.74 Å². The van der Waals surface area contributed by atoms with Gasteiger partial charge in [0.05, 0.1) is 13.2 Å². The lowest BCUT2D eigenvalue weighted by Crippen LogP contribution is -2.45. The third kappa shape index (κ3) is 2.98. The van der Waals surface area contributed by atoms with E-state index >= 15 is 0 Å². The maximum Gasteiger partial charge on any atom is 0.309 e. The summed E-state index contributed by atoms with van der Waals surface area (Å²) in [6, 6.07) is 25.7. The predicted molar refractivity (Wildman–Crippen MR) is 132 cm³/mol. The fraction of sp³-hybridized carbons (Fsp3) is 0.259. The second-order valence-corrected chi connectivity index (χ2v) is 10.5. The van der Waals surface area contributed by atoms with Gasteiger partial charge in [-0.05, 0) is 51.9 Å². The largest absolute Gasteiger partial charge is 0.408 e. The Bertz CT molecular complexity index is 1420. The molecule has 1 aromatic heterocycles. The Morgan fingerprint density at radius 2 is 1.19 bits per heavy atom. The number of rotatable bonds is 1. The molecule has 32 heavy (non-hydrogen) atoms. The molecule has 0 saturated carbocycles. The lowest BCUT2D eigenvalue weighted by molar-refractivity contribution is 0.00763. The van der Waals surface area contributed by atoms with Gasteiger partial charge in [0.15, 0.2) is 0 Å². The van der Waals surface area contributed by atoms with Gasteiger partial charge in [0.2, 0.25) is 0 Å². The van der Waals surface area contributed by atoms with E-state index in [1.165, 1.54) is 28.0 Å². The first-order valence-corrected chi connectivity index (χ1v) is 12.5. The van der Waals surface area contributed by atoms with E-state index in [1.54, 1.807) is 0 Å². The predicted octanol–water partition coefficient (Wildman–Crippen LogP) is 7.20. The van der Waals surface area contributed by atoms with E-state index in [4.69, 9.17) is 13.1 Å². The normalized spacial score (nSPS) is 21.5. The number of piperidine rings is 1. The molecule has 2 aliphatic heterocycles. The monoisotopic (exact) mass is 441 g/mol. The molecule has 2 fully saturated rings. The molecule has 2 aliphatic rings. The van der Waals surface area contributed by atoms with E-state index in [-0.39, 0.29) is 0 Å². The molecule has 2 saturated heterocycles. The van der Waals surface area contributed by atoms with Crippen molar-refractivity contribution in [2.75, 3.05) is 31.0 Å². The Labute approximate surface area is 187 Å². The summed E-state index contributed by atoms with van der Waals surface area (Å²) < 4.78 is 21.7. The van der Waals surface area contributed by atoms with E-state index in [0.717, 1.165) is 48.2 Å². The molecule has 2 unspecified atom stereocenters. The molecule has 0 N–H and O–H groups in total. The van der Waals surface area contributed by atoms with Gasteiger partial charge in [0.1, 0.15) is 11.2 Å². The molecule has 5 aromatic rings. The van der Waals surface area contributed by atoms with Crippen molar-refractivity contribution in [3.63, 3.8) is 0 Å². The SMILES string of the molecule is c1ccc2c(c1)ccc1op(N3CC4COCC(C4)C3)oc3ccc4ccccc4c3c12. The average molecular weight is 441 g/mol. The minimum absolute atomic E-state index is 0.563. The molecular formula is C27H24NO3P. The van der Waals surface area contributed by atoms with Gasteiger partial charge in [-0.1, -0.05) is 60.7 Å². The highest BCUT2D eigenvalue weighted by Gasteiger charge is 2.34. The maximum atomic E-state index is 6.73. The highest BCUT2D eigenvalue weighted by atomic mass is 31.1. The molecule has 3 heterocycles. The van der Waals surface area contributed by atoms with Crippen LogP contribution in [0.25, 0.3) is 43.5 Å². The van der Waals surface area contributed by atoms with Crippen molar-refractivity contribution < 1.29 is 13.1 Å². The smallest absolute Gasteiger partial charge is 0.309 e. The molecule has 0 aliphatic carbocycles. The molecule has 0 spiro atoms. The summed E-state index contributed by atoms with van der Waals surface area (Å²) in [4.78, 5) is 0. The summed E-state index contributed by atoms with van der Waals surface area (Å²) in [6.07, 6.45) is 1.25. The van der Waals surface area contributed by atoms with Crippen molar-refractivity contribution in [1.82, 2.24) is 0 Å². The summed E-state index contributed by atoms with van der Waals surface area (Å²) in [7, 11) is -1.25. The van der Waals surface area contributed by atoms with Crippen molar-refractivity contribution in [2.24, 2.45) is 11.8 Å². The van der Waals surface area contributed by atoms with Crippen LogP contribution in [-0.4, -0.2) is 26.3 Å². The standard InChI is InChI=1S/C27H24NO3P/c1-3-7-22-20(5-1)9-11-24-26(22)27-23-8-4-2-6-21(23)10-12-25(27)31-32(30-24)28-14-18-13-19(15-28)17-29-16-18/h1-12,18-19H,13-17H2. The fourth-order valence-electron chi connectivity index (χ4n) is 5.54. The van der Waals surface area contributed by atoms with Gasteiger partial charge in [0, 0.05) is 23.9 Å². The van der Waals surface area contributed by atoms with Gasteiger partial charge in [-0.2, -0.15) is 0 Å². The van der Waals surface area contributed by atoms with Gasteiger partial charge >= 0.3 is 8.16 Å². The minimum Gasteiger partial charge on any atom is -0.408 e. The van der Waals surface area contributed by atoms with E-state index in [9.17, 15) is 0 Å². The van der Waals surface area contributed by atoms with Crippen LogP contribution in [0.4, 0.5) is 0 Å². The Morgan fingerprint density at radius 3 is 1.75 bits per heavy atom. The summed E-state index contributed by atoms with van der Waals surface area (Å²) in [6.45, 7) is 3.62. The summed E-state index contributed by atoms with van der Waals surface area (Å²) in [5.74, 6) is 1.13. The van der Waals surface area contributed by atoms with Crippen LogP contribution in [0.15, 0.2) is 81.2 Å². The van der Waals surface area contributed by atoms with Crippen molar-refractivity contribution >= 4 is 51.6 Å². The lowest BCUT2D eigenvalue weighted by Gasteiger charge is -2.39. The third-order valence-electron chi connectivity index (χ3n) is 6.93. The second kappa shape index (κ2) is 7.38. The van der Waals surface area contributed by atoms with Crippen LogP contribution in [0.3, 0.4) is 0 Å². The molecule has 7 rings (SSSR count). The highest BCUT2D eigenvalue weighted by Crippen LogP contribution is 2.43. The van der Waals surface area contributed by atoms with E-state index in [2.05, 4.69) is 77.5 Å². The highest BCUT2D eigenvalue weighted by molar-refractivity contribution is 7.39. The number of ether oxygens (including phenoxy) is 1. The summed E-state index contributed by atoms with van der Waals surface area (Å²) in [5.41, 5.74) is 1.83. The number of hydrogen-bond acceptors (Lipinski definition) is 4. The molecule has 2 atom stereocenters. The van der Waals surface area contributed by atoms with Gasteiger partial charge in [-0.3, -0.25) is 0 Å². The van der Waals surface area contributed by atoms with E-state index < -0.39 is 8.16 Å². The van der Waals surface area contributed by atoms with E-state index in [1.807, 2.05) is 0 Å². The molecule has 4 aromatic carbocycles. The molecule has 0 amide bonds. The van der Waals surface area contributed by atoms with Crippen molar-refractivity contribution in [3.8, 4) is 0 Å². The zero-order chi connectivity index (χ0) is 21.1. The molecular weight excluding hydrogens is 417 g/mol. The van der Waals surface area contributed by atoms with Crippen LogP contribution in [0, 0.1) is 11.8 Å². The Kier molecular flexibility index (Phi) is 4.33. The Hall–Kier alpha value is -2.78. The topological polar surface area (TPSA) is 38.8 Å². The van der Waals surface area contributed by atoms with Gasteiger partial charge < -0.3 is 13.1 Å². The van der Waals surface area contributed by atoms with Crippen LogP contribution in [0.5, 0.6) is 0 Å². The van der Waals surface area contributed by atoms with Crippen molar-refractivity contribution in [1.29, 1.82) is 0 Å². The zero-order valence-electron chi connectivity index (χ0n) is 17.7. The Morgan fingerprint density at radius 1 is 0.656 bits per heavy atom.